The molecule has 0 spiro atoms. The monoisotopic (exact) mass is 656 g/mol. The van der Waals surface area contributed by atoms with Gasteiger partial charge in [-0.05, 0) is 94.2 Å². The first-order chi connectivity index (χ1) is 24.9. The zero-order chi connectivity index (χ0) is 34.4. The standard InChI is InChI=1S/C47H32N2O2/c1-47(2)39-19-11-12-20-41(39)48(32-15-5-3-6-16-32)44-28-43-35(27-40(44)47)34-22-21-29(24-42(34)49(43)33-17-7-4-8-18-33)23-38-45(50)36-25-30-13-9-10-14-31(30)26-37(36)46(38)51/h3-28H,1-2H3. The van der Waals surface area contributed by atoms with Crippen molar-refractivity contribution in [2.75, 3.05) is 4.90 Å². The Labute approximate surface area is 295 Å². The van der Waals surface area contributed by atoms with Crippen molar-refractivity contribution in [3.63, 3.8) is 0 Å². The number of benzene rings is 7. The summed E-state index contributed by atoms with van der Waals surface area (Å²) in [6.45, 7) is 4.63. The number of carbonyl (C=O) groups excluding carboxylic acids is 2. The van der Waals surface area contributed by atoms with Crippen LogP contribution in [0.3, 0.4) is 0 Å². The topological polar surface area (TPSA) is 42.3 Å². The molecule has 8 aromatic rings. The van der Waals surface area contributed by atoms with Gasteiger partial charge in [-0.2, -0.15) is 0 Å². The van der Waals surface area contributed by atoms with Crippen molar-refractivity contribution in [1.82, 2.24) is 4.57 Å². The van der Waals surface area contributed by atoms with Gasteiger partial charge in [-0.25, -0.2) is 0 Å². The lowest BCUT2D eigenvalue weighted by Crippen LogP contribution is -2.30. The lowest BCUT2D eigenvalue weighted by molar-refractivity contribution is 0.0990. The van der Waals surface area contributed by atoms with Gasteiger partial charge in [0.1, 0.15) is 0 Å². The van der Waals surface area contributed by atoms with E-state index in [2.05, 4.69) is 126 Å². The molecule has 0 amide bonds. The van der Waals surface area contributed by atoms with Crippen molar-refractivity contribution in [3.8, 4) is 5.69 Å². The lowest BCUT2D eigenvalue weighted by Gasteiger charge is -2.42. The van der Waals surface area contributed by atoms with Gasteiger partial charge < -0.3 is 9.47 Å². The number of hydrogen-bond donors (Lipinski definition) is 0. The summed E-state index contributed by atoms with van der Waals surface area (Å²) >= 11 is 0. The Morgan fingerprint density at radius 1 is 0.510 bits per heavy atom. The molecule has 10 rings (SSSR count). The Kier molecular flexibility index (Phi) is 6.19. The summed E-state index contributed by atoms with van der Waals surface area (Å²) in [6, 6.07) is 52.2. The van der Waals surface area contributed by atoms with E-state index >= 15 is 0 Å². The van der Waals surface area contributed by atoms with Gasteiger partial charge in [0.25, 0.3) is 0 Å². The normalized spacial score (nSPS) is 14.6. The van der Waals surface area contributed by atoms with E-state index in [1.807, 2.05) is 48.5 Å². The molecule has 0 N–H and O–H groups in total. The molecule has 0 atom stereocenters. The number of nitrogens with zero attached hydrogens (tertiary/aromatic N) is 2. The first-order valence-corrected chi connectivity index (χ1v) is 17.4. The van der Waals surface area contributed by atoms with Gasteiger partial charge >= 0.3 is 0 Å². The number of allylic oxidation sites excluding steroid dienone is 1. The molecular weight excluding hydrogens is 625 g/mol. The van der Waals surface area contributed by atoms with Crippen LogP contribution in [0.25, 0.3) is 44.3 Å². The minimum atomic E-state index is -0.250. The molecule has 2 heterocycles. The van der Waals surface area contributed by atoms with Gasteiger partial charge in [0, 0.05) is 38.7 Å². The quantitative estimate of drug-likeness (QED) is 0.140. The Hall–Kier alpha value is -6.52. The van der Waals surface area contributed by atoms with E-state index in [1.54, 1.807) is 6.08 Å². The SMILES string of the molecule is CC1(C)c2ccccc2N(c2ccccc2)c2cc3c(cc21)c1ccc(C=C2C(=O)c4cc5ccccc5cc4C2=O)cc1n3-c1ccccc1. The van der Waals surface area contributed by atoms with Crippen LogP contribution >= 0.6 is 0 Å². The lowest BCUT2D eigenvalue weighted by atomic mass is 9.73. The van der Waals surface area contributed by atoms with Crippen molar-refractivity contribution in [2.24, 2.45) is 0 Å². The maximum absolute atomic E-state index is 13.7. The van der Waals surface area contributed by atoms with Crippen molar-refractivity contribution in [2.45, 2.75) is 19.3 Å². The number of hydrogen-bond acceptors (Lipinski definition) is 3. The van der Waals surface area contributed by atoms with E-state index in [4.69, 9.17) is 0 Å². The molecule has 4 heteroatoms. The molecule has 0 bridgehead atoms. The summed E-state index contributed by atoms with van der Waals surface area (Å²) in [7, 11) is 0. The highest BCUT2D eigenvalue weighted by Crippen LogP contribution is 2.53. The molecule has 4 nitrogen and oxygen atoms in total. The third-order valence-electron chi connectivity index (χ3n) is 10.8. The van der Waals surface area contributed by atoms with E-state index < -0.39 is 0 Å². The predicted octanol–water partition coefficient (Wildman–Crippen LogP) is 11.5. The smallest absolute Gasteiger partial charge is 0.197 e. The van der Waals surface area contributed by atoms with Crippen LogP contribution in [0.5, 0.6) is 0 Å². The highest BCUT2D eigenvalue weighted by Gasteiger charge is 2.38. The molecule has 1 aliphatic heterocycles. The number of fused-ring (bicyclic) bond motifs is 7. The van der Waals surface area contributed by atoms with Crippen molar-refractivity contribution >= 4 is 67.3 Å². The van der Waals surface area contributed by atoms with Gasteiger partial charge in [0.2, 0.25) is 0 Å². The third-order valence-corrected chi connectivity index (χ3v) is 10.8. The van der Waals surface area contributed by atoms with Crippen LogP contribution in [0.2, 0.25) is 0 Å². The second kappa shape index (κ2) is 10.7. The summed E-state index contributed by atoms with van der Waals surface area (Å²) in [5.74, 6) is -0.445. The Balaban J connectivity index is 1.21. The summed E-state index contributed by atoms with van der Waals surface area (Å²) in [4.78, 5) is 29.8. The van der Waals surface area contributed by atoms with Crippen molar-refractivity contribution in [3.05, 3.63) is 185 Å². The molecule has 2 aliphatic rings. The zero-order valence-electron chi connectivity index (χ0n) is 28.2. The Morgan fingerprint density at radius 2 is 1.10 bits per heavy atom. The fourth-order valence-electron chi connectivity index (χ4n) is 8.33. The highest BCUT2D eigenvalue weighted by molar-refractivity contribution is 6.42. The molecule has 51 heavy (non-hydrogen) atoms. The van der Waals surface area contributed by atoms with Crippen LogP contribution in [0, 0.1) is 0 Å². The molecule has 1 aliphatic carbocycles. The van der Waals surface area contributed by atoms with Gasteiger partial charge in [-0.1, -0.05) is 105 Å². The van der Waals surface area contributed by atoms with Gasteiger partial charge in [0.05, 0.1) is 28.0 Å². The summed E-state index contributed by atoms with van der Waals surface area (Å²) < 4.78 is 2.31. The molecule has 7 aromatic carbocycles. The van der Waals surface area contributed by atoms with Crippen LogP contribution in [0.4, 0.5) is 17.1 Å². The first-order valence-electron chi connectivity index (χ1n) is 17.4. The fraction of sp³-hybridized carbons (Fsp3) is 0.0638. The van der Waals surface area contributed by atoms with Gasteiger partial charge in [0.15, 0.2) is 11.6 Å². The molecule has 1 aromatic heterocycles. The molecule has 0 unspecified atom stereocenters. The van der Waals surface area contributed by atoms with E-state index in [-0.39, 0.29) is 22.6 Å². The van der Waals surface area contributed by atoms with Gasteiger partial charge in [-0.3, -0.25) is 9.59 Å². The number of Topliss-reactive ketones (excluding diaryl/α,β-unsaturated/α-hetero) is 2. The molecule has 0 saturated carbocycles. The molecule has 0 fully saturated rings. The number of ketones is 2. The van der Waals surface area contributed by atoms with E-state index in [1.165, 1.54) is 16.8 Å². The Bertz CT molecular complexity index is 2750. The predicted molar refractivity (Wildman–Crippen MR) is 208 cm³/mol. The maximum atomic E-state index is 13.7. The van der Waals surface area contributed by atoms with E-state index in [0.29, 0.717) is 11.1 Å². The molecule has 0 saturated heterocycles. The molecule has 0 radical (unpaired) electrons. The molecule has 242 valence electrons. The summed E-state index contributed by atoms with van der Waals surface area (Å²) in [5, 5.41) is 4.16. The number of carbonyl (C=O) groups is 2. The van der Waals surface area contributed by atoms with E-state index in [0.717, 1.165) is 55.2 Å². The van der Waals surface area contributed by atoms with Crippen LogP contribution in [-0.4, -0.2) is 16.1 Å². The van der Waals surface area contributed by atoms with Crippen LogP contribution in [-0.2, 0) is 5.41 Å². The maximum Gasteiger partial charge on any atom is 0.197 e. The minimum Gasteiger partial charge on any atom is -0.310 e. The summed E-state index contributed by atoms with van der Waals surface area (Å²) in [6.07, 6.45) is 1.77. The average molecular weight is 657 g/mol. The van der Waals surface area contributed by atoms with Crippen LogP contribution in [0.1, 0.15) is 51.3 Å². The minimum absolute atomic E-state index is 0.204. The second-order valence-electron chi connectivity index (χ2n) is 14.1. The second-order valence-corrected chi connectivity index (χ2v) is 14.1. The van der Waals surface area contributed by atoms with Crippen molar-refractivity contribution in [1.29, 1.82) is 0 Å². The Morgan fingerprint density at radius 3 is 1.78 bits per heavy atom. The van der Waals surface area contributed by atoms with Crippen molar-refractivity contribution < 1.29 is 9.59 Å². The van der Waals surface area contributed by atoms with Gasteiger partial charge in [-0.15, -0.1) is 0 Å². The average Bonchev–Trinajstić information content (AvgIpc) is 3.60. The number of aromatic nitrogens is 1. The zero-order valence-corrected chi connectivity index (χ0v) is 28.2. The first kappa shape index (κ1) is 29.4. The van der Waals surface area contributed by atoms with Crippen LogP contribution in [0.15, 0.2) is 157 Å². The number of para-hydroxylation sites is 3. The summed E-state index contributed by atoms with van der Waals surface area (Å²) in [5.41, 5.74) is 10.8. The molecular formula is C47H32N2O2. The van der Waals surface area contributed by atoms with E-state index in [9.17, 15) is 9.59 Å². The number of anilines is 3. The third kappa shape index (κ3) is 4.26. The largest absolute Gasteiger partial charge is 0.310 e. The fourth-order valence-corrected chi connectivity index (χ4v) is 8.33. The highest BCUT2D eigenvalue weighted by atomic mass is 16.2. The number of rotatable bonds is 3. The van der Waals surface area contributed by atoms with Crippen LogP contribution < -0.4 is 4.90 Å².